The molecule has 5 nitrogen and oxygen atoms in total. The van der Waals surface area contributed by atoms with E-state index in [1.54, 1.807) is 0 Å². The number of thiocarbonyl (C=S) groups is 1. The molecule has 0 spiro atoms. The summed E-state index contributed by atoms with van der Waals surface area (Å²) in [6.07, 6.45) is 4.19. The van der Waals surface area contributed by atoms with Gasteiger partial charge in [0.15, 0.2) is 5.11 Å². The van der Waals surface area contributed by atoms with Gasteiger partial charge in [-0.25, -0.2) is 0 Å². The zero-order chi connectivity index (χ0) is 25.4. The van der Waals surface area contributed by atoms with Crippen LogP contribution in [0.3, 0.4) is 0 Å². The van der Waals surface area contributed by atoms with Crippen LogP contribution < -0.4 is 15.1 Å². The second-order valence-corrected chi connectivity index (χ2v) is 10.7. The lowest BCUT2D eigenvalue weighted by Gasteiger charge is -2.33. The third kappa shape index (κ3) is 4.72. The van der Waals surface area contributed by atoms with Gasteiger partial charge in [-0.15, -0.1) is 0 Å². The monoisotopic (exact) mass is 528 g/mol. The lowest BCUT2D eigenvalue weighted by Crippen LogP contribution is -2.33. The van der Waals surface area contributed by atoms with Crippen molar-refractivity contribution in [2.45, 2.75) is 31.8 Å². The highest BCUT2D eigenvalue weighted by atomic mass is 35.5. The van der Waals surface area contributed by atoms with Crippen molar-refractivity contribution in [3.8, 4) is 11.3 Å². The number of nitrogens with one attached hydrogen (secondary N) is 1. The molecule has 1 N–H and O–H groups in total. The minimum atomic E-state index is -0.224. The molecule has 2 aromatic heterocycles. The summed E-state index contributed by atoms with van der Waals surface area (Å²) >= 11 is 12.8. The quantitative estimate of drug-likeness (QED) is 0.272. The van der Waals surface area contributed by atoms with E-state index in [1.165, 1.54) is 12.8 Å². The van der Waals surface area contributed by atoms with Gasteiger partial charge < -0.3 is 19.5 Å². The Hall–Kier alpha value is -3.35. The fourth-order valence-corrected chi connectivity index (χ4v) is 5.98. The molecule has 0 unspecified atom stereocenters. The Morgan fingerprint density at radius 1 is 0.973 bits per heavy atom. The SMILES string of the molecule is CC1CCN(c2ccc(N3C(=S)N[C@H](c4ccccn4)[C@H]3c3ccc(-c4ccccc4)o3)cc2Cl)CC1. The number of piperidine rings is 1. The van der Waals surface area contributed by atoms with Crippen LogP contribution in [0.25, 0.3) is 11.3 Å². The van der Waals surface area contributed by atoms with Gasteiger partial charge in [0.2, 0.25) is 0 Å². The van der Waals surface area contributed by atoms with E-state index in [4.69, 9.17) is 28.2 Å². The van der Waals surface area contributed by atoms with Gasteiger partial charge in [0.25, 0.3) is 0 Å². The number of rotatable bonds is 5. The van der Waals surface area contributed by atoms with Gasteiger partial charge in [-0.1, -0.05) is 54.9 Å². The van der Waals surface area contributed by atoms with Crippen LogP contribution in [0, 0.1) is 5.92 Å². The highest BCUT2D eigenvalue weighted by Gasteiger charge is 2.42. The van der Waals surface area contributed by atoms with E-state index in [1.807, 2.05) is 72.9 Å². The van der Waals surface area contributed by atoms with Gasteiger partial charge in [-0.2, -0.15) is 0 Å². The normalized spacial score (nSPS) is 20.3. The van der Waals surface area contributed by atoms with Gasteiger partial charge >= 0.3 is 0 Å². The first-order chi connectivity index (χ1) is 18.1. The van der Waals surface area contributed by atoms with Gasteiger partial charge in [0.05, 0.1) is 22.4 Å². The van der Waals surface area contributed by atoms with Gasteiger partial charge in [0, 0.05) is 30.5 Å². The number of halogens is 1. The maximum atomic E-state index is 6.89. The summed E-state index contributed by atoms with van der Waals surface area (Å²) < 4.78 is 6.45. The fraction of sp³-hybridized carbons (Fsp3) is 0.267. The highest BCUT2D eigenvalue weighted by Crippen LogP contribution is 2.44. The van der Waals surface area contributed by atoms with Crippen LogP contribution >= 0.6 is 23.8 Å². The zero-order valence-electron chi connectivity index (χ0n) is 20.7. The predicted molar refractivity (Wildman–Crippen MR) is 154 cm³/mol. The molecule has 2 fully saturated rings. The molecule has 2 atom stereocenters. The van der Waals surface area contributed by atoms with E-state index in [0.717, 1.165) is 58.2 Å². The predicted octanol–water partition coefficient (Wildman–Crippen LogP) is 7.41. The van der Waals surface area contributed by atoms with E-state index in [0.29, 0.717) is 5.11 Å². The summed E-state index contributed by atoms with van der Waals surface area (Å²) in [5, 5.41) is 4.85. The maximum absolute atomic E-state index is 6.89. The van der Waals surface area contributed by atoms with Crippen molar-refractivity contribution in [2.24, 2.45) is 5.92 Å². The number of furan rings is 1. The average Bonchev–Trinajstić information content (AvgIpc) is 3.55. The average molecular weight is 529 g/mol. The van der Waals surface area contributed by atoms with Crippen LogP contribution in [-0.2, 0) is 0 Å². The molecule has 4 aromatic rings. The number of hydrogen-bond acceptors (Lipinski definition) is 4. The van der Waals surface area contributed by atoms with Crippen molar-refractivity contribution in [1.82, 2.24) is 10.3 Å². The lowest BCUT2D eigenvalue weighted by molar-refractivity contribution is 0.438. The first kappa shape index (κ1) is 24.0. The van der Waals surface area contributed by atoms with Gasteiger partial charge in [-0.05, 0) is 73.4 Å². The second kappa shape index (κ2) is 10.2. The Balaban J connectivity index is 1.38. The maximum Gasteiger partial charge on any atom is 0.174 e. The first-order valence-corrected chi connectivity index (χ1v) is 13.6. The summed E-state index contributed by atoms with van der Waals surface area (Å²) in [4.78, 5) is 9.14. The van der Waals surface area contributed by atoms with Crippen molar-refractivity contribution in [3.05, 3.63) is 102 Å². The molecule has 0 bridgehead atoms. The van der Waals surface area contributed by atoms with E-state index in [2.05, 4.69) is 39.2 Å². The van der Waals surface area contributed by atoms with Crippen LogP contribution in [0.2, 0.25) is 5.02 Å². The summed E-state index contributed by atoms with van der Waals surface area (Å²) in [5.41, 5.74) is 3.95. The number of benzene rings is 2. The largest absolute Gasteiger partial charge is 0.459 e. The Kier molecular flexibility index (Phi) is 6.61. The number of hydrogen-bond donors (Lipinski definition) is 1. The highest BCUT2D eigenvalue weighted by molar-refractivity contribution is 7.80. The molecule has 4 heterocycles. The lowest BCUT2D eigenvalue weighted by atomic mass is 9.98. The summed E-state index contributed by atoms with van der Waals surface area (Å²) in [5.74, 6) is 2.40. The molecule has 0 amide bonds. The Morgan fingerprint density at radius 2 is 1.76 bits per heavy atom. The Labute approximate surface area is 228 Å². The Bertz CT molecular complexity index is 1390. The molecule has 37 heavy (non-hydrogen) atoms. The standard InChI is InChI=1S/C30H29ClN4OS/c1-20-14-17-34(18-15-20)25-11-10-22(19-23(25)31)35-29(28(33-30(35)37)24-9-5-6-16-32-24)27-13-12-26(36-27)21-7-3-2-4-8-21/h2-13,16,19-20,28-29H,14-15,17-18H2,1H3,(H,33,37)/t28-,29-/m1/s1. The van der Waals surface area contributed by atoms with E-state index in [9.17, 15) is 0 Å². The molecule has 6 rings (SSSR count). The third-order valence-electron chi connectivity index (χ3n) is 7.41. The summed E-state index contributed by atoms with van der Waals surface area (Å²) in [6, 6.07) is 26.0. The van der Waals surface area contributed by atoms with Crippen molar-refractivity contribution >= 4 is 40.3 Å². The van der Waals surface area contributed by atoms with Crippen LogP contribution in [0.15, 0.2) is 89.5 Å². The molecule has 7 heteroatoms. The second-order valence-electron chi connectivity index (χ2n) is 9.87. The molecule has 0 saturated carbocycles. The van der Waals surface area contributed by atoms with Crippen LogP contribution in [0.1, 0.15) is 43.3 Å². The number of nitrogens with zero attached hydrogens (tertiary/aromatic N) is 3. The van der Waals surface area contributed by atoms with Gasteiger partial charge in [-0.3, -0.25) is 4.98 Å². The van der Waals surface area contributed by atoms with Crippen molar-refractivity contribution < 1.29 is 4.42 Å². The number of anilines is 2. The van der Waals surface area contributed by atoms with Crippen LogP contribution in [0.5, 0.6) is 0 Å². The topological polar surface area (TPSA) is 44.5 Å². The van der Waals surface area contributed by atoms with E-state index < -0.39 is 0 Å². The minimum absolute atomic E-state index is 0.175. The molecular formula is C30H29ClN4OS. The van der Waals surface area contributed by atoms with Crippen LogP contribution in [-0.4, -0.2) is 23.2 Å². The van der Waals surface area contributed by atoms with E-state index >= 15 is 0 Å². The third-order valence-corrected chi connectivity index (χ3v) is 8.03. The smallest absolute Gasteiger partial charge is 0.174 e. The molecule has 0 radical (unpaired) electrons. The number of aromatic nitrogens is 1. The van der Waals surface area contributed by atoms with Crippen molar-refractivity contribution in [1.29, 1.82) is 0 Å². The van der Waals surface area contributed by atoms with Gasteiger partial charge in [0.1, 0.15) is 17.6 Å². The molecule has 2 saturated heterocycles. The Morgan fingerprint density at radius 3 is 2.49 bits per heavy atom. The number of pyridine rings is 1. The van der Waals surface area contributed by atoms with Crippen LogP contribution in [0.4, 0.5) is 11.4 Å². The molecule has 2 aliphatic rings. The van der Waals surface area contributed by atoms with Crippen molar-refractivity contribution in [3.63, 3.8) is 0 Å². The first-order valence-electron chi connectivity index (χ1n) is 12.8. The molecule has 2 aromatic carbocycles. The van der Waals surface area contributed by atoms with E-state index in [-0.39, 0.29) is 12.1 Å². The molecule has 0 aliphatic carbocycles. The minimum Gasteiger partial charge on any atom is -0.459 e. The molecule has 188 valence electrons. The summed E-state index contributed by atoms with van der Waals surface area (Å²) in [6.45, 7) is 4.38. The summed E-state index contributed by atoms with van der Waals surface area (Å²) in [7, 11) is 0. The van der Waals surface area contributed by atoms with Crippen molar-refractivity contribution in [2.75, 3.05) is 22.9 Å². The molecule has 2 aliphatic heterocycles. The zero-order valence-corrected chi connectivity index (χ0v) is 22.3. The molecular weight excluding hydrogens is 500 g/mol. The fourth-order valence-electron chi connectivity index (χ4n) is 5.34.